The second-order valence-electron chi connectivity index (χ2n) is 8.00. The van der Waals surface area contributed by atoms with E-state index in [-0.39, 0.29) is 24.0 Å². The van der Waals surface area contributed by atoms with Crippen LogP contribution in [0.1, 0.15) is 43.0 Å². The summed E-state index contributed by atoms with van der Waals surface area (Å²) in [4.78, 5) is 16.3. The molecular weight excluding hydrogens is 380 g/mol. The fraction of sp³-hybridized carbons (Fsp3) is 0.304. The first-order valence-corrected chi connectivity index (χ1v) is 10.00. The molecule has 0 radical (unpaired) electrons. The second-order valence-corrected chi connectivity index (χ2v) is 8.00. The van der Waals surface area contributed by atoms with Crippen molar-refractivity contribution in [1.82, 2.24) is 15.5 Å². The largest absolute Gasteiger partial charge is 0.490 e. The number of carbonyl (C=O) groups is 1. The molecule has 5 rings (SSSR count). The number of carbonyl (C=O) groups excluding carboxylic acids is 1. The molecule has 0 spiro atoms. The number of fused-ring (bicyclic) bond motifs is 3. The molecule has 1 aliphatic carbocycles. The van der Waals surface area contributed by atoms with E-state index in [0.717, 1.165) is 23.1 Å². The standard InChI is InChI=1S/C23H20N4O3/c1-12(2)29-19-7-6-13(8-15(19)11-24)22-26-23(30-27-22)17-5-3-4-16-18(17)9-14-10-20(28)25-21(14)16/h3-8,12,14,21H,9-10H2,1-2H3,(H,25,28). The Kier molecular flexibility index (Phi) is 4.28. The van der Waals surface area contributed by atoms with Gasteiger partial charge in [0.15, 0.2) is 0 Å². The minimum atomic E-state index is -0.0239. The van der Waals surface area contributed by atoms with Gasteiger partial charge < -0.3 is 14.6 Å². The number of nitrogens with zero attached hydrogens (tertiary/aromatic N) is 3. The van der Waals surface area contributed by atoms with Gasteiger partial charge in [-0.2, -0.15) is 10.2 Å². The monoisotopic (exact) mass is 400 g/mol. The summed E-state index contributed by atoms with van der Waals surface area (Å²) in [5.41, 5.74) is 4.30. The maximum Gasteiger partial charge on any atom is 0.258 e. The number of aromatic nitrogens is 2. The zero-order chi connectivity index (χ0) is 20.8. The third-order valence-electron chi connectivity index (χ3n) is 5.63. The Hall–Kier alpha value is -3.66. The number of nitriles is 1. The molecular formula is C23H20N4O3. The van der Waals surface area contributed by atoms with Gasteiger partial charge in [-0.15, -0.1) is 0 Å². The number of hydrogen-bond acceptors (Lipinski definition) is 6. The van der Waals surface area contributed by atoms with Crippen LogP contribution in [0.5, 0.6) is 5.75 Å². The van der Waals surface area contributed by atoms with Crippen molar-refractivity contribution in [3.63, 3.8) is 0 Å². The molecule has 0 saturated carbocycles. The average molecular weight is 400 g/mol. The van der Waals surface area contributed by atoms with Crippen LogP contribution in [0.2, 0.25) is 0 Å². The molecule has 2 atom stereocenters. The molecule has 1 N–H and O–H groups in total. The molecule has 1 aliphatic heterocycles. The number of amides is 1. The Morgan fingerprint density at radius 3 is 2.93 bits per heavy atom. The van der Waals surface area contributed by atoms with E-state index in [1.165, 1.54) is 0 Å². The molecule has 1 aromatic heterocycles. The van der Waals surface area contributed by atoms with Gasteiger partial charge in [-0.25, -0.2) is 0 Å². The van der Waals surface area contributed by atoms with Gasteiger partial charge in [0.1, 0.15) is 11.8 Å². The quantitative estimate of drug-likeness (QED) is 0.715. The van der Waals surface area contributed by atoms with Gasteiger partial charge in [-0.05, 0) is 61.6 Å². The van der Waals surface area contributed by atoms with Gasteiger partial charge >= 0.3 is 0 Å². The SMILES string of the molecule is CC(C)Oc1ccc(-c2noc(-c3cccc4c3CC3CC(=O)NC43)n2)cc1C#N. The van der Waals surface area contributed by atoms with Crippen molar-refractivity contribution >= 4 is 5.91 Å². The number of benzene rings is 2. The summed E-state index contributed by atoms with van der Waals surface area (Å²) < 4.78 is 11.3. The maximum atomic E-state index is 11.7. The first-order valence-electron chi connectivity index (χ1n) is 10.00. The van der Waals surface area contributed by atoms with Crippen molar-refractivity contribution in [2.45, 2.75) is 38.8 Å². The Balaban J connectivity index is 1.48. The predicted octanol–water partition coefficient (Wildman–Crippen LogP) is 3.80. The van der Waals surface area contributed by atoms with Crippen molar-refractivity contribution in [3.8, 4) is 34.7 Å². The number of nitrogens with one attached hydrogen (secondary N) is 1. The molecule has 30 heavy (non-hydrogen) atoms. The van der Waals surface area contributed by atoms with Gasteiger partial charge in [-0.1, -0.05) is 17.3 Å². The van der Waals surface area contributed by atoms with Gasteiger partial charge in [-0.3, -0.25) is 4.79 Å². The van der Waals surface area contributed by atoms with Crippen LogP contribution < -0.4 is 10.1 Å². The van der Waals surface area contributed by atoms with Crippen LogP contribution in [0.25, 0.3) is 22.8 Å². The third-order valence-corrected chi connectivity index (χ3v) is 5.63. The third kappa shape index (κ3) is 3.01. The van der Waals surface area contributed by atoms with Crippen LogP contribution in [0.15, 0.2) is 40.9 Å². The Bertz CT molecular complexity index is 1190. The van der Waals surface area contributed by atoms with E-state index in [1.54, 1.807) is 12.1 Å². The van der Waals surface area contributed by atoms with Crippen molar-refractivity contribution < 1.29 is 14.1 Å². The van der Waals surface area contributed by atoms with Gasteiger partial charge in [0, 0.05) is 17.5 Å². The van der Waals surface area contributed by atoms with Crippen molar-refractivity contribution in [1.29, 1.82) is 5.26 Å². The van der Waals surface area contributed by atoms with Crippen molar-refractivity contribution in [3.05, 3.63) is 53.1 Å². The molecule has 7 heteroatoms. The molecule has 2 unspecified atom stereocenters. The highest BCUT2D eigenvalue weighted by Crippen LogP contribution is 2.45. The first-order chi connectivity index (χ1) is 14.5. The summed E-state index contributed by atoms with van der Waals surface area (Å²) in [6, 6.07) is 13.5. The van der Waals surface area contributed by atoms with E-state index in [2.05, 4.69) is 27.6 Å². The summed E-state index contributed by atoms with van der Waals surface area (Å²) in [7, 11) is 0. The molecule has 150 valence electrons. The summed E-state index contributed by atoms with van der Waals surface area (Å²) >= 11 is 0. The topological polar surface area (TPSA) is 101 Å². The number of ether oxygens (including phenoxy) is 1. The Morgan fingerprint density at radius 1 is 1.27 bits per heavy atom. The van der Waals surface area contributed by atoms with E-state index in [9.17, 15) is 10.1 Å². The van der Waals surface area contributed by atoms with E-state index in [0.29, 0.717) is 35.0 Å². The van der Waals surface area contributed by atoms with Crippen LogP contribution in [0.4, 0.5) is 0 Å². The molecule has 2 aromatic carbocycles. The fourth-order valence-electron chi connectivity index (χ4n) is 4.38. The maximum absolute atomic E-state index is 11.7. The fourth-order valence-corrected chi connectivity index (χ4v) is 4.38. The first kappa shape index (κ1) is 18.4. The van der Waals surface area contributed by atoms with Gasteiger partial charge in [0.2, 0.25) is 11.7 Å². The molecule has 2 aliphatic rings. The molecule has 3 aromatic rings. The minimum Gasteiger partial charge on any atom is -0.490 e. The number of rotatable bonds is 4. The highest BCUT2D eigenvalue weighted by atomic mass is 16.5. The zero-order valence-electron chi connectivity index (χ0n) is 16.7. The van der Waals surface area contributed by atoms with Gasteiger partial charge in [0.05, 0.1) is 17.7 Å². The van der Waals surface area contributed by atoms with E-state index in [4.69, 9.17) is 9.26 Å². The highest BCUT2D eigenvalue weighted by Gasteiger charge is 2.41. The number of hydrogen-bond donors (Lipinski definition) is 1. The normalized spacial score (nSPS) is 19.3. The molecule has 1 saturated heterocycles. The van der Waals surface area contributed by atoms with E-state index in [1.807, 2.05) is 32.0 Å². The van der Waals surface area contributed by atoms with Crippen LogP contribution in [-0.2, 0) is 11.2 Å². The summed E-state index contributed by atoms with van der Waals surface area (Å²) in [5, 5.41) is 16.7. The van der Waals surface area contributed by atoms with Crippen LogP contribution >= 0.6 is 0 Å². The smallest absolute Gasteiger partial charge is 0.258 e. The Morgan fingerprint density at radius 2 is 2.13 bits per heavy atom. The molecule has 0 bridgehead atoms. The van der Waals surface area contributed by atoms with Crippen LogP contribution in [0.3, 0.4) is 0 Å². The zero-order valence-corrected chi connectivity index (χ0v) is 16.7. The van der Waals surface area contributed by atoms with Crippen molar-refractivity contribution in [2.24, 2.45) is 5.92 Å². The summed E-state index contributed by atoms with van der Waals surface area (Å²) in [6.07, 6.45) is 1.34. The molecule has 1 amide bonds. The minimum absolute atomic E-state index is 0.0239. The second kappa shape index (κ2) is 6.99. The average Bonchev–Trinajstić information content (AvgIpc) is 3.42. The molecule has 1 fully saturated rings. The lowest BCUT2D eigenvalue weighted by Gasteiger charge is -2.11. The predicted molar refractivity (Wildman–Crippen MR) is 108 cm³/mol. The molecule has 2 heterocycles. The summed E-state index contributed by atoms with van der Waals surface area (Å²) in [5.74, 6) is 1.78. The van der Waals surface area contributed by atoms with Crippen LogP contribution in [0, 0.1) is 17.2 Å². The molecule has 7 nitrogen and oxygen atoms in total. The highest BCUT2D eigenvalue weighted by molar-refractivity contribution is 5.81. The van der Waals surface area contributed by atoms with Crippen molar-refractivity contribution in [2.75, 3.05) is 0 Å². The lowest BCUT2D eigenvalue weighted by molar-refractivity contribution is -0.119. The van der Waals surface area contributed by atoms with Crippen LogP contribution in [-0.4, -0.2) is 22.2 Å². The Labute approximate surface area is 173 Å². The van der Waals surface area contributed by atoms with Gasteiger partial charge in [0.25, 0.3) is 5.89 Å². The van der Waals surface area contributed by atoms with E-state index < -0.39 is 0 Å². The summed E-state index contributed by atoms with van der Waals surface area (Å²) in [6.45, 7) is 3.83. The lowest BCUT2D eigenvalue weighted by atomic mass is 10.0. The van der Waals surface area contributed by atoms with E-state index >= 15 is 0 Å². The lowest BCUT2D eigenvalue weighted by Crippen LogP contribution is -2.18.